The molecule has 0 amide bonds. The maximum atomic E-state index is 13.2. The number of hydrogen-bond acceptors (Lipinski definition) is 2. The lowest BCUT2D eigenvalue weighted by atomic mass is 10.2. The summed E-state index contributed by atoms with van der Waals surface area (Å²) in [6, 6.07) is 6.52. The molecule has 0 radical (unpaired) electrons. The van der Waals surface area contributed by atoms with Crippen LogP contribution in [0.3, 0.4) is 0 Å². The third kappa shape index (κ3) is 2.44. The van der Waals surface area contributed by atoms with Crippen LogP contribution < -0.4 is 0 Å². The Morgan fingerprint density at radius 2 is 2.16 bits per heavy atom. The van der Waals surface area contributed by atoms with E-state index in [9.17, 15) is 4.39 Å². The van der Waals surface area contributed by atoms with Gasteiger partial charge in [-0.05, 0) is 40.3 Å². The summed E-state index contributed by atoms with van der Waals surface area (Å²) in [5.41, 5.74) is 1.64. The highest BCUT2D eigenvalue weighted by atomic mass is 127. The van der Waals surface area contributed by atoms with E-state index in [1.165, 1.54) is 18.5 Å². The minimum absolute atomic E-state index is 0.240. The minimum atomic E-state index is -0.240. The van der Waals surface area contributed by atoms with Crippen molar-refractivity contribution < 1.29 is 4.39 Å². The second kappa shape index (κ2) is 5.05. The minimum Gasteiger partial charge on any atom is -0.327 e. The van der Waals surface area contributed by atoms with Crippen LogP contribution in [0.1, 0.15) is 5.56 Å². The highest BCUT2D eigenvalue weighted by Gasteiger charge is 2.12. The van der Waals surface area contributed by atoms with Crippen LogP contribution in [0.25, 0.3) is 11.0 Å². The lowest BCUT2D eigenvalue weighted by molar-refractivity contribution is 0.624. The van der Waals surface area contributed by atoms with E-state index in [4.69, 9.17) is 11.6 Å². The van der Waals surface area contributed by atoms with E-state index in [1.54, 1.807) is 6.07 Å². The van der Waals surface area contributed by atoms with Crippen molar-refractivity contribution in [3.8, 4) is 0 Å². The van der Waals surface area contributed by atoms with Crippen molar-refractivity contribution in [2.24, 2.45) is 0 Å². The van der Waals surface area contributed by atoms with E-state index in [0.717, 1.165) is 20.2 Å². The number of hydrogen-bond donors (Lipinski definition) is 0. The summed E-state index contributed by atoms with van der Waals surface area (Å²) in [6.45, 7) is 0.546. The zero-order valence-electron chi connectivity index (χ0n) is 9.65. The number of halogens is 3. The highest BCUT2D eigenvalue weighted by molar-refractivity contribution is 14.1. The fraction of sp³-hybridized carbons (Fsp3) is 0.0769. The molecule has 0 aliphatic rings. The molecule has 0 aliphatic carbocycles. The van der Waals surface area contributed by atoms with Crippen LogP contribution in [-0.2, 0) is 6.54 Å². The van der Waals surface area contributed by atoms with Crippen molar-refractivity contribution in [3.05, 3.63) is 56.9 Å². The zero-order valence-corrected chi connectivity index (χ0v) is 12.6. The first-order chi connectivity index (χ1) is 9.15. The number of benzene rings is 1. The first kappa shape index (κ1) is 12.8. The highest BCUT2D eigenvalue weighted by Crippen LogP contribution is 2.27. The van der Waals surface area contributed by atoms with Crippen LogP contribution in [0.15, 0.2) is 36.8 Å². The van der Waals surface area contributed by atoms with Crippen LogP contribution in [0.5, 0.6) is 0 Å². The van der Waals surface area contributed by atoms with Gasteiger partial charge in [0.2, 0.25) is 0 Å². The van der Waals surface area contributed by atoms with Gasteiger partial charge in [0.25, 0.3) is 0 Å². The van der Waals surface area contributed by atoms with Gasteiger partial charge >= 0.3 is 0 Å². The average molecular weight is 388 g/mol. The zero-order chi connectivity index (χ0) is 13.4. The Hall–Kier alpha value is -1.21. The predicted molar refractivity (Wildman–Crippen MR) is 80.8 cm³/mol. The van der Waals surface area contributed by atoms with Crippen LogP contribution in [-0.4, -0.2) is 14.5 Å². The summed E-state index contributed by atoms with van der Waals surface area (Å²) in [5.74, 6) is -0.240. The summed E-state index contributed by atoms with van der Waals surface area (Å²) >= 11 is 8.27. The van der Waals surface area contributed by atoms with Crippen molar-refractivity contribution in [1.29, 1.82) is 0 Å². The van der Waals surface area contributed by atoms with Gasteiger partial charge in [-0.2, -0.15) is 0 Å². The standard InChI is InChI=1S/C13H8ClFIN3/c14-12-11-10(16)6-19(13(11)18-7-17-12)5-8-2-1-3-9(15)4-8/h1-4,6-7H,5H2. The molecule has 96 valence electrons. The SMILES string of the molecule is Fc1cccc(Cn2cc(I)c3c(Cl)ncnc32)c1. The van der Waals surface area contributed by atoms with E-state index in [0.29, 0.717) is 11.7 Å². The monoisotopic (exact) mass is 387 g/mol. The topological polar surface area (TPSA) is 30.7 Å². The van der Waals surface area contributed by atoms with Crippen LogP contribution in [0.2, 0.25) is 5.15 Å². The molecule has 3 nitrogen and oxygen atoms in total. The van der Waals surface area contributed by atoms with Crippen molar-refractivity contribution in [2.45, 2.75) is 6.54 Å². The quantitative estimate of drug-likeness (QED) is 0.494. The van der Waals surface area contributed by atoms with Gasteiger partial charge < -0.3 is 4.57 Å². The van der Waals surface area contributed by atoms with E-state index in [2.05, 4.69) is 32.6 Å². The first-order valence-electron chi connectivity index (χ1n) is 5.54. The van der Waals surface area contributed by atoms with Crippen molar-refractivity contribution in [3.63, 3.8) is 0 Å². The normalized spacial score (nSPS) is 11.1. The summed E-state index contributed by atoms with van der Waals surface area (Å²) < 4.78 is 16.1. The first-order valence-corrected chi connectivity index (χ1v) is 7.00. The maximum absolute atomic E-state index is 13.2. The molecule has 0 N–H and O–H groups in total. The van der Waals surface area contributed by atoms with Crippen molar-refractivity contribution in [2.75, 3.05) is 0 Å². The molecular weight excluding hydrogens is 380 g/mol. The molecule has 0 spiro atoms. The Labute approximate surface area is 127 Å². The molecule has 2 aromatic heterocycles. The van der Waals surface area contributed by atoms with Crippen molar-refractivity contribution >= 4 is 45.2 Å². The fourth-order valence-corrected chi connectivity index (χ4v) is 3.22. The molecule has 19 heavy (non-hydrogen) atoms. The van der Waals surface area contributed by atoms with Gasteiger partial charge in [0, 0.05) is 16.3 Å². The summed E-state index contributed by atoms with van der Waals surface area (Å²) in [5, 5.41) is 1.27. The van der Waals surface area contributed by atoms with E-state index >= 15 is 0 Å². The van der Waals surface area contributed by atoms with Gasteiger partial charge in [-0.1, -0.05) is 23.7 Å². The second-order valence-corrected chi connectivity index (χ2v) is 5.62. The molecule has 0 atom stereocenters. The predicted octanol–water partition coefficient (Wildman–Crippen LogP) is 3.88. The van der Waals surface area contributed by atoms with Gasteiger partial charge in [0.15, 0.2) is 0 Å². The van der Waals surface area contributed by atoms with E-state index < -0.39 is 0 Å². The lowest BCUT2D eigenvalue weighted by Gasteiger charge is -2.04. The molecule has 3 aromatic rings. The Balaban J connectivity index is 2.09. The Morgan fingerprint density at radius 3 is 2.95 bits per heavy atom. The second-order valence-electron chi connectivity index (χ2n) is 4.10. The Bertz CT molecular complexity index is 757. The van der Waals surface area contributed by atoms with Crippen LogP contribution >= 0.6 is 34.2 Å². The lowest BCUT2D eigenvalue weighted by Crippen LogP contribution is -1.99. The van der Waals surface area contributed by atoms with E-state index in [1.807, 2.05) is 16.8 Å². The molecular formula is C13H8ClFIN3. The average Bonchev–Trinajstić information content (AvgIpc) is 2.68. The maximum Gasteiger partial charge on any atom is 0.146 e. The molecule has 0 bridgehead atoms. The fourth-order valence-electron chi connectivity index (χ4n) is 1.99. The molecule has 6 heteroatoms. The summed E-state index contributed by atoms with van der Waals surface area (Å²) in [7, 11) is 0. The largest absolute Gasteiger partial charge is 0.327 e. The Kier molecular flexibility index (Phi) is 3.40. The third-order valence-electron chi connectivity index (χ3n) is 2.80. The molecule has 0 saturated carbocycles. The van der Waals surface area contributed by atoms with Gasteiger partial charge in [0.1, 0.15) is 22.9 Å². The Morgan fingerprint density at radius 1 is 1.32 bits per heavy atom. The molecule has 0 unspecified atom stereocenters. The molecule has 0 aliphatic heterocycles. The summed E-state index contributed by atoms with van der Waals surface area (Å²) in [4.78, 5) is 8.23. The molecule has 0 saturated heterocycles. The van der Waals surface area contributed by atoms with Gasteiger partial charge in [0.05, 0.1) is 5.39 Å². The van der Waals surface area contributed by atoms with Gasteiger partial charge in [-0.15, -0.1) is 0 Å². The van der Waals surface area contributed by atoms with Crippen LogP contribution in [0, 0.1) is 9.39 Å². The molecule has 3 rings (SSSR count). The molecule has 2 heterocycles. The van der Waals surface area contributed by atoms with E-state index in [-0.39, 0.29) is 5.82 Å². The smallest absolute Gasteiger partial charge is 0.146 e. The number of rotatable bonds is 2. The number of fused-ring (bicyclic) bond motifs is 1. The van der Waals surface area contributed by atoms with Gasteiger partial charge in [-0.3, -0.25) is 0 Å². The summed E-state index contributed by atoms with van der Waals surface area (Å²) in [6.07, 6.45) is 3.37. The number of nitrogens with zero attached hydrogens (tertiary/aromatic N) is 3. The third-order valence-corrected chi connectivity index (χ3v) is 3.91. The molecule has 0 fully saturated rings. The van der Waals surface area contributed by atoms with Crippen LogP contribution in [0.4, 0.5) is 4.39 Å². The van der Waals surface area contributed by atoms with Gasteiger partial charge in [-0.25, -0.2) is 14.4 Å². The number of aromatic nitrogens is 3. The molecule has 1 aromatic carbocycles. The van der Waals surface area contributed by atoms with Crippen molar-refractivity contribution in [1.82, 2.24) is 14.5 Å².